The van der Waals surface area contributed by atoms with E-state index in [1.165, 1.54) is 0 Å². The minimum absolute atomic E-state index is 0.0296. The average molecular weight is 382 g/mol. The number of rotatable bonds is 6. The van der Waals surface area contributed by atoms with Crippen molar-refractivity contribution in [1.29, 1.82) is 0 Å². The van der Waals surface area contributed by atoms with E-state index in [2.05, 4.69) is 10.6 Å². The lowest BCUT2D eigenvalue weighted by molar-refractivity contribution is -0.132. The zero-order chi connectivity index (χ0) is 19.9. The second-order valence-corrected chi connectivity index (χ2v) is 7.19. The monoisotopic (exact) mass is 382 g/mol. The van der Waals surface area contributed by atoms with Crippen LogP contribution >= 0.6 is 0 Å². The molecule has 0 spiro atoms. The largest absolute Gasteiger partial charge is 0.378 e. The van der Waals surface area contributed by atoms with Crippen molar-refractivity contribution in [3.8, 4) is 0 Å². The van der Waals surface area contributed by atoms with Crippen LogP contribution in [0.25, 0.3) is 0 Å². The maximum atomic E-state index is 12.3. The lowest BCUT2D eigenvalue weighted by atomic mass is 9.90. The molecule has 1 aliphatic carbocycles. The quantitative estimate of drug-likeness (QED) is 0.614. The van der Waals surface area contributed by atoms with Crippen LogP contribution in [0.2, 0.25) is 0 Å². The topological polar surface area (TPSA) is 98.7 Å². The van der Waals surface area contributed by atoms with Crippen LogP contribution in [0, 0.1) is 0 Å². The van der Waals surface area contributed by atoms with E-state index in [4.69, 9.17) is 0 Å². The summed E-state index contributed by atoms with van der Waals surface area (Å²) in [7, 11) is 0. The van der Waals surface area contributed by atoms with Crippen LogP contribution in [0.1, 0.15) is 49.0 Å². The third-order valence-electron chi connectivity index (χ3n) is 5.15. The van der Waals surface area contributed by atoms with E-state index < -0.39 is 24.0 Å². The molecule has 2 amide bonds. The number of aliphatic hydroxyl groups excluding tert-OH is 2. The molecule has 6 heteroatoms. The van der Waals surface area contributed by atoms with Crippen molar-refractivity contribution >= 4 is 11.8 Å². The number of hydrogen-bond acceptors (Lipinski definition) is 4. The predicted octanol–water partition coefficient (Wildman–Crippen LogP) is 2.00. The molecule has 0 saturated heterocycles. The predicted molar refractivity (Wildman–Crippen MR) is 105 cm³/mol. The molecule has 0 bridgehead atoms. The highest BCUT2D eigenvalue weighted by Crippen LogP contribution is 2.21. The molecule has 1 fully saturated rings. The van der Waals surface area contributed by atoms with E-state index in [0.29, 0.717) is 36.8 Å². The Kier molecular flexibility index (Phi) is 6.79. The number of carbonyl (C=O) groups is 2. The van der Waals surface area contributed by atoms with Gasteiger partial charge in [-0.3, -0.25) is 9.59 Å². The van der Waals surface area contributed by atoms with E-state index in [9.17, 15) is 19.8 Å². The zero-order valence-corrected chi connectivity index (χ0v) is 15.6. The van der Waals surface area contributed by atoms with Crippen molar-refractivity contribution in [3.63, 3.8) is 0 Å². The van der Waals surface area contributed by atoms with Gasteiger partial charge >= 0.3 is 0 Å². The summed E-state index contributed by atoms with van der Waals surface area (Å²) in [4.78, 5) is 24.5. The molecule has 2 aromatic rings. The molecule has 148 valence electrons. The van der Waals surface area contributed by atoms with Gasteiger partial charge in [0.15, 0.2) is 12.2 Å². The van der Waals surface area contributed by atoms with Gasteiger partial charge in [0, 0.05) is 12.1 Å². The fraction of sp³-hybridized carbons (Fsp3) is 0.364. The Balaban J connectivity index is 1.44. The summed E-state index contributed by atoms with van der Waals surface area (Å²) < 4.78 is 0. The summed E-state index contributed by atoms with van der Waals surface area (Å²) in [5.41, 5.74) is 1.13. The van der Waals surface area contributed by atoms with Gasteiger partial charge in [0.2, 0.25) is 0 Å². The van der Waals surface area contributed by atoms with Crippen LogP contribution in [0.4, 0.5) is 0 Å². The normalized spacial score (nSPS) is 21.4. The second-order valence-electron chi connectivity index (χ2n) is 7.19. The molecule has 0 aromatic heterocycles. The van der Waals surface area contributed by atoms with Crippen molar-refractivity contribution in [1.82, 2.24) is 10.6 Å². The van der Waals surface area contributed by atoms with E-state index in [1.54, 1.807) is 48.5 Å². The Morgan fingerprint density at radius 1 is 0.679 bits per heavy atom. The van der Waals surface area contributed by atoms with E-state index in [0.717, 1.165) is 0 Å². The molecule has 1 saturated carbocycles. The van der Waals surface area contributed by atoms with Crippen LogP contribution in [0.15, 0.2) is 60.7 Å². The number of aliphatic hydroxyl groups is 2. The summed E-state index contributed by atoms with van der Waals surface area (Å²) in [6, 6.07) is 17.6. The van der Waals surface area contributed by atoms with Crippen molar-refractivity contribution in [2.24, 2.45) is 0 Å². The molecular weight excluding hydrogens is 356 g/mol. The molecule has 2 atom stereocenters. The molecule has 3 rings (SSSR count). The smallest absolute Gasteiger partial charge is 0.253 e. The van der Waals surface area contributed by atoms with Crippen LogP contribution in [-0.4, -0.2) is 34.1 Å². The average Bonchev–Trinajstić information content (AvgIpc) is 2.75. The van der Waals surface area contributed by atoms with Crippen molar-refractivity contribution in [3.05, 3.63) is 71.8 Å². The Morgan fingerprint density at radius 3 is 1.32 bits per heavy atom. The molecule has 0 heterocycles. The van der Waals surface area contributed by atoms with Gasteiger partial charge in [-0.2, -0.15) is 0 Å². The summed E-state index contributed by atoms with van der Waals surface area (Å²) in [5, 5.41) is 26.1. The summed E-state index contributed by atoms with van der Waals surface area (Å²) in [6.07, 6.45) is 0.470. The minimum atomic E-state index is -1.18. The van der Waals surface area contributed by atoms with Gasteiger partial charge in [-0.1, -0.05) is 60.7 Å². The van der Waals surface area contributed by atoms with Gasteiger partial charge in [0.1, 0.15) is 0 Å². The van der Waals surface area contributed by atoms with Gasteiger partial charge in [-0.15, -0.1) is 0 Å². The van der Waals surface area contributed by atoms with Crippen LogP contribution < -0.4 is 10.6 Å². The molecule has 0 unspecified atom stereocenters. The van der Waals surface area contributed by atoms with E-state index >= 15 is 0 Å². The molecule has 0 radical (unpaired) electrons. The van der Waals surface area contributed by atoms with Gasteiger partial charge in [-0.25, -0.2) is 0 Å². The zero-order valence-electron chi connectivity index (χ0n) is 15.6. The highest BCUT2D eigenvalue weighted by Gasteiger charge is 2.27. The van der Waals surface area contributed by atoms with Gasteiger partial charge in [0.05, 0.1) is 0 Å². The highest BCUT2D eigenvalue weighted by atomic mass is 16.3. The summed E-state index contributed by atoms with van der Waals surface area (Å²) >= 11 is 0. The third kappa shape index (κ3) is 5.18. The third-order valence-corrected chi connectivity index (χ3v) is 5.15. The van der Waals surface area contributed by atoms with Crippen LogP contribution in [-0.2, 0) is 9.59 Å². The fourth-order valence-corrected chi connectivity index (χ4v) is 3.52. The fourth-order valence-electron chi connectivity index (χ4n) is 3.52. The maximum Gasteiger partial charge on any atom is 0.253 e. The molecule has 4 N–H and O–H groups in total. The van der Waals surface area contributed by atoms with Crippen LogP contribution in [0.3, 0.4) is 0 Å². The van der Waals surface area contributed by atoms with E-state index in [1.807, 2.05) is 12.1 Å². The Labute approximate surface area is 164 Å². The standard InChI is InChI=1S/C22H26N2O4/c25-19(15-7-3-1-4-8-15)21(27)23-17-11-13-18(14-12-17)24-22(28)20(26)16-9-5-2-6-10-16/h1-10,17-20,25-26H,11-14H2,(H,23,27)(H,24,28)/t17?,18?,19-,20-/m1/s1. The van der Waals surface area contributed by atoms with Gasteiger partial charge in [-0.05, 0) is 36.8 Å². The first-order valence-corrected chi connectivity index (χ1v) is 9.61. The first-order chi connectivity index (χ1) is 13.5. The molecule has 2 aromatic carbocycles. The Bertz CT molecular complexity index is 706. The molecule has 28 heavy (non-hydrogen) atoms. The van der Waals surface area contributed by atoms with Crippen molar-refractivity contribution < 1.29 is 19.8 Å². The summed E-state index contributed by atoms with van der Waals surface area (Å²) in [6.45, 7) is 0. The number of carbonyl (C=O) groups excluding carboxylic acids is 2. The SMILES string of the molecule is O=C(NC1CCC(NC(=O)[C@H](O)c2ccccc2)CC1)[C@H](O)c1ccccc1. The molecule has 1 aliphatic rings. The molecule has 6 nitrogen and oxygen atoms in total. The number of nitrogens with one attached hydrogen (secondary N) is 2. The van der Waals surface area contributed by atoms with Crippen molar-refractivity contribution in [2.45, 2.75) is 50.0 Å². The Morgan fingerprint density at radius 2 is 1.00 bits per heavy atom. The first-order valence-electron chi connectivity index (χ1n) is 9.61. The van der Waals surface area contributed by atoms with Gasteiger partial charge in [0.25, 0.3) is 11.8 Å². The van der Waals surface area contributed by atoms with E-state index in [-0.39, 0.29) is 12.1 Å². The lowest BCUT2D eigenvalue weighted by Crippen LogP contribution is -2.45. The Hall–Kier alpha value is -2.70. The molecule has 0 aliphatic heterocycles. The molecular formula is C22H26N2O4. The lowest BCUT2D eigenvalue weighted by Gasteiger charge is -2.30. The highest BCUT2D eigenvalue weighted by molar-refractivity contribution is 5.82. The number of amides is 2. The van der Waals surface area contributed by atoms with Gasteiger partial charge < -0.3 is 20.8 Å². The number of hydrogen-bond donors (Lipinski definition) is 4. The summed E-state index contributed by atoms with van der Waals surface area (Å²) in [5.74, 6) is -0.809. The minimum Gasteiger partial charge on any atom is -0.378 e. The number of benzene rings is 2. The van der Waals surface area contributed by atoms with Crippen LogP contribution in [0.5, 0.6) is 0 Å². The van der Waals surface area contributed by atoms with Crippen molar-refractivity contribution in [2.75, 3.05) is 0 Å². The first kappa shape index (κ1) is 20.0. The second kappa shape index (κ2) is 9.48. The maximum absolute atomic E-state index is 12.3.